The molecule has 2 aromatic rings. The second-order valence-electron chi connectivity index (χ2n) is 4.26. The van der Waals surface area contributed by atoms with Crippen LogP contribution in [0.1, 0.15) is 23.5 Å². The number of rotatable bonds is 5. The van der Waals surface area contributed by atoms with E-state index in [1.807, 2.05) is 0 Å². The Morgan fingerprint density at radius 1 is 1.20 bits per heavy atom. The molecule has 11 heteroatoms. The molecule has 2 heterocycles. The van der Waals surface area contributed by atoms with Gasteiger partial charge in [0.1, 0.15) is 11.4 Å². The molecular weight excluding hydrogens is 294 g/mol. The summed E-state index contributed by atoms with van der Waals surface area (Å²) in [5.41, 5.74) is -0.492. The molecule has 0 saturated heterocycles. The summed E-state index contributed by atoms with van der Waals surface area (Å²) in [5.74, 6) is -1.00. The molecule has 20 heavy (non-hydrogen) atoms. The topological polar surface area (TPSA) is 95.6 Å². The molecule has 0 bridgehead atoms. The van der Waals surface area contributed by atoms with Crippen LogP contribution in [-0.4, -0.2) is 38.4 Å². The number of hydrogen-bond donors (Lipinski definition) is 0. The average molecular weight is 306 g/mol. The fourth-order valence-corrected chi connectivity index (χ4v) is 3.03. The lowest BCUT2D eigenvalue weighted by Gasteiger charge is -2.03. The van der Waals surface area contributed by atoms with Crippen molar-refractivity contribution in [3.63, 3.8) is 0 Å². The fraction of sp³-hybridized carbons (Fsp3) is 0.556. The highest BCUT2D eigenvalue weighted by Gasteiger charge is 2.25. The van der Waals surface area contributed by atoms with Crippen molar-refractivity contribution in [1.82, 2.24) is 30.0 Å². The van der Waals surface area contributed by atoms with Gasteiger partial charge in [0.25, 0.3) is 6.43 Å². The Labute approximate surface area is 113 Å². The standard InChI is InChI=1S/C9H12F2N6O2S/c1-16-3-6(12-14-16)4-20(18,19)5-7-8(9(10)11)17(2)15-13-7/h3,9H,4-5H2,1-2H3. The van der Waals surface area contributed by atoms with Crippen LogP contribution in [0.25, 0.3) is 0 Å². The minimum absolute atomic E-state index is 0.244. The quantitative estimate of drug-likeness (QED) is 0.771. The van der Waals surface area contributed by atoms with Crippen LogP contribution in [-0.2, 0) is 35.4 Å². The lowest BCUT2D eigenvalue weighted by Crippen LogP contribution is -2.11. The zero-order valence-electron chi connectivity index (χ0n) is 10.7. The van der Waals surface area contributed by atoms with Gasteiger partial charge in [-0.15, -0.1) is 10.2 Å². The Morgan fingerprint density at radius 2 is 1.90 bits per heavy atom. The van der Waals surface area contributed by atoms with Crippen molar-refractivity contribution in [3.8, 4) is 0 Å². The third-order valence-corrected chi connectivity index (χ3v) is 3.97. The van der Waals surface area contributed by atoms with Gasteiger partial charge in [-0.1, -0.05) is 10.4 Å². The van der Waals surface area contributed by atoms with Crippen LogP contribution in [0.5, 0.6) is 0 Å². The van der Waals surface area contributed by atoms with Gasteiger partial charge in [0, 0.05) is 20.3 Å². The van der Waals surface area contributed by atoms with Crippen LogP contribution in [0.2, 0.25) is 0 Å². The van der Waals surface area contributed by atoms with Crippen LogP contribution in [0.15, 0.2) is 6.20 Å². The van der Waals surface area contributed by atoms with E-state index in [9.17, 15) is 17.2 Å². The molecule has 0 aromatic carbocycles. The molecule has 0 N–H and O–H groups in total. The summed E-state index contributed by atoms with van der Waals surface area (Å²) in [5, 5.41) is 14.2. The maximum absolute atomic E-state index is 12.8. The Bertz CT molecular complexity index is 708. The molecule has 0 saturated carbocycles. The molecule has 2 rings (SSSR count). The number of halogens is 2. The second-order valence-corrected chi connectivity index (χ2v) is 6.33. The monoisotopic (exact) mass is 306 g/mol. The van der Waals surface area contributed by atoms with Gasteiger partial charge in [-0.25, -0.2) is 21.9 Å². The van der Waals surface area contributed by atoms with E-state index < -0.39 is 27.7 Å². The molecule has 0 spiro atoms. The predicted molar refractivity (Wildman–Crippen MR) is 63.3 cm³/mol. The van der Waals surface area contributed by atoms with E-state index >= 15 is 0 Å². The van der Waals surface area contributed by atoms with Gasteiger partial charge in [-0.05, 0) is 0 Å². The highest BCUT2D eigenvalue weighted by atomic mass is 32.2. The molecule has 2 aromatic heterocycles. The van der Waals surface area contributed by atoms with Crippen molar-refractivity contribution in [2.24, 2.45) is 14.1 Å². The van der Waals surface area contributed by atoms with Gasteiger partial charge in [0.2, 0.25) is 0 Å². The van der Waals surface area contributed by atoms with E-state index in [1.165, 1.54) is 17.9 Å². The summed E-state index contributed by atoms with van der Waals surface area (Å²) >= 11 is 0. The first-order valence-electron chi connectivity index (χ1n) is 5.51. The van der Waals surface area contributed by atoms with Crippen LogP contribution >= 0.6 is 0 Å². The van der Waals surface area contributed by atoms with E-state index in [0.29, 0.717) is 0 Å². The maximum atomic E-state index is 12.8. The van der Waals surface area contributed by atoms with Gasteiger partial charge in [-0.2, -0.15) is 0 Å². The molecule has 0 radical (unpaired) electrons. The molecule has 8 nitrogen and oxygen atoms in total. The van der Waals surface area contributed by atoms with Crippen molar-refractivity contribution in [2.75, 3.05) is 0 Å². The minimum Gasteiger partial charge on any atom is -0.255 e. The number of sulfone groups is 1. The van der Waals surface area contributed by atoms with Gasteiger partial charge in [0.15, 0.2) is 9.84 Å². The van der Waals surface area contributed by atoms with E-state index in [1.54, 1.807) is 7.05 Å². The SMILES string of the molecule is Cn1cc(CS(=O)(=O)Cc2nnn(C)c2C(F)F)nn1. The first-order valence-corrected chi connectivity index (χ1v) is 7.33. The van der Waals surface area contributed by atoms with Crippen molar-refractivity contribution in [3.05, 3.63) is 23.3 Å². The summed E-state index contributed by atoms with van der Waals surface area (Å²) in [6.45, 7) is 0. The first kappa shape index (κ1) is 14.5. The van der Waals surface area contributed by atoms with Gasteiger partial charge in [0.05, 0.1) is 17.2 Å². The molecule has 0 atom stereocenters. The van der Waals surface area contributed by atoms with Gasteiger partial charge >= 0.3 is 0 Å². The summed E-state index contributed by atoms with van der Waals surface area (Å²) in [6.07, 6.45) is -1.39. The van der Waals surface area contributed by atoms with Crippen molar-refractivity contribution in [1.29, 1.82) is 0 Å². The molecule has 0 fully saturated rings. The number of aromatic nitrogens is 6. The second kappa shape index (κ2) is 5.23. The summed E-state index contributed by atoms with van der Waals surface area (Å²) in [4.78, 5) is 0. The molecular formula is C9H12F2N6O2S. The fourth-order valence-electron chi connectivity index (χ4n) is 1.72. The summed E-state index contributed by atoms with van der Waals surface area (Å²) < 4.78 is 51.8. The smallest absolute Gasteiger partial charge is 0.255 e. The Morgan fingerprint density at radius 3 is 2.45 bits per heavy atom. The highest BCUT2D eigenvalue weighted by Crippen LogP contribution is 2.22. The van der Waals surface area contributed by atoms with Crippen molar-refractivity contribution in [2.45, 2.75) is 17.9 Å². The number of nitrogens with zero attached hydrogens (tertiary/aromatic N) is 6. The van der Waals surface area contributed by atoms with E-state index in [-0.39, 0.29) is 17.1 Å². The largest absolute Gasteiger partial charge is 0.281 e. The summed E-state index contributed by atoms with van der Waals surface area (Å²) in [6, 6.07) is 0. The Hall–Kier alpha value is -1.91. The Kier molecular flexibility index (Phi) is 3.79. The van der Waals surface area contributed by atoms with E-state index in [2.05, 4.69) is 20.6 Å². The van der Waals surface area contributed by atoms with Crippen LogP contribution in [0.3, 0.4) is 0 Å². The normalized spacial score (nSPS) is 12.2. The molecule has 0 amide bonds. The molecule has 110 valence electrons. The predicted octanol–water partition coefficient (Wildman–Crippen LogP) is -0.00380. The lowest BCUT2D eigenvalue weighted by molar-refractivity contribution is 0.140. The highest BCUT2D eigenvalue weighted by molar-refractivity contribution is 7.89. The molecule has 0 aliphatic carbocycles. The molecule has 0 aliphatic rings. The first-order chi connectivity index (χ1) is 9.28. The van der Waals surface area contributed by atoms with Crippen LogP contribution < -0.4 is 0 Å². The molecule has 0 unspecified atom stereocenters. The third-order valence-electron chi connectivity index (χ3n) is 2.53. The summed E-state index contributed by atoms with van der Waals surface area (Å²) in [7, 11) is -0.799. The van der Waals surface area contributed by atoms with Crippen molar-refractivity contribution >= 4 is 9.84 Å². The number of alkyl halides is 2. The number of hydrogen-bond acceptors (Lipinski definition) is 6. The van der Waals surface area contributed by atoms with Gasteiger partial charge in [-0.3, -0.25) is 4.68 Å². The lowest BCUT2D eigenvalue weighted by atomic mass is 10.3. The maximum Gasteiger partial charge on any atom is 0.281 e. The van der Waals surface area contributed by atoms with E-state index in [4.69, 9.17) is 0 Å². The Balaban J connectivity index is 2.20. The third kappa shape index (κ3) is 3.15. The minimum atomic E-state index is -3.68. The molecule has 0 aliphatic heterocycles. The zero-order chi connectivity index (χ0) is 14.9. The van der Waals surface area contributed by atoms with Gasteiger partial charge < -0.3 is 0 Å². The van der Waals surface area contributed by atoms with E-state index in [0.717, 1.165) is 4.68 Å². The zero-order valence-corrected chi connectivity index (χ0v) is 11.5. The number of aryl methyl sites for hydroxylation is 2. The van der Waals surface area contributed by atoms with Crippen LogP contribution in [0.4, 0.5) is 8.78 Å². The van der Waals surface area contributed by atoms with Crippen LogP contribution in [0, 0.1) is 0 Å². The average Bonchev–Trinajstić information content (AvgIpc) is 2.84. The van der Waals surface area contributed by atoms with Crippen molar-refractivity contribution < 1.29 is 17.2 Å².